The molecule has 3 aliphatic rings. The van der Waals surface area contributed by atoms with Crippen LogP contribution in [0.15, 0.2) is 0 Å². The molecule has 0 radical (unpaired) electrons. The summed E-state index contributed by atoms with van der Waals surface area (Å²) in [5.74, 6) is 5.64. The summed E-state index contributed by atoms with van der Waals surface area (Å²) in [6.07, 6.45) is 4.29. The lowest BCUT2D eigenvalue weighted by atomic mass is 9.67. The topological polar surface area (TPSA) is 27.7 Å². The molecule has 15 unspecified atom stereocenters. The second-order valence-electron chi connectivity index (χ2n) is 12.1. The fraction of sp³-hybridized carbons (Fsp3) is 1.00. The van der Waals surface area contributed by atoms with Gasteiger partial charge in [-0.3, -0.25) is 0 Å². The summed E-state index contributed by atoms with van der Waals surface area (Å²) in [7, 11) is 0. The molecule has 15 atom stereocenters. The van der Waals surface area contributed by atoms with Crippen LogP contribution in [0.5, 0.6) is 0 Å². The highest BCUT2D eigenvalue weighted by molar-refractivity contribution is 4.94. The molecule has 182 valence electrons. The van der Waals surface area contributed by atoms with Gasteiger partial charge in [0.05, 0.1) is 36.6 Å². The highest BCUT2D eigenvalue weighted by Crippen LogP contribution is 2.46. The normalized spacial score (nSPS) is 56.4. The van der Waals surface area contributed by atoms with Crippen molar-refractivity contribution in [1.29, 1.82) is 0 Å². The van der Waals surface area contributed by atoms with E-state index in [0.29, 0.717) is 89.9 Å². The Kier molecular flexibility index (Phi) is 8.24. The van der Waals surface area contributed by atoms with Crippen LogP contribution in [-0.4, -0.2) is 36.6 Å². The maximum absolute atomic E-state index is 6.78. The highest BCUT2D eigenvalue weighted by Gasteiger charge is 2.46. The molecule has 0 aromatic heterocycles. The van der Waals surface area contributed by atoms with Crippen molar-refractivity contribution >= 4 is 0 Å². The number of hydrogen-bond acceptors (Lipinski definition) is 3. The van der Waals surface area contributed by atoms with Gasteiger partial charge in [-0.05, 0) is 93.8 Å². The first-order valence-electron chi connectivity index (χ1n) is 13.4. The third-order valence-electron chi connectivity index (χ3n) is 10.7. The zero-order valence-corrected chi connectivity index (χ0v) is 22.3. The summed E-state index contributed by atoms with van der Waals surface area (Å²) in [6.45, 7) is 25.9. The Balaban J connectivity index is 1.65. The van der Waals surface area contributed by atoms with Crippen LogP contribution < -0.4 is 0 Å². The van der Waals surface area contributed by atoms with E-state index in [1.165, 1.54) is 0 Å². The molecule has 0 aromatic rings. The van der Waals surface area contributed by atoms with Crippen LogP contribution in [0.25, 0.3) is 0 Å². The molecule has 3 fully saturated rings. The first-order valence-corrected chi connectivity index (χ1v) is 13.4. The minimum Gasteiger partial charge on any atom is -0.375 e. The lowest BCUT2D eigenvalue weighted by Crippen LogP contribution is -2.51. The van der Waals surface area contributed by atoms with Gasteiger partial charge >= 0.3 is 0 Å². The van der Waals surface area contributed by atoms with Crippen LogP contribution in [0.1, 0.15) is 89.0 Å². The minimum absolute atomic E-state index is 0.295. The number of ether oxygens (including phenoxy) is 3. The molecule has 3 nitrogen and oxygen atoms in total. The summed E-state index contributed by atoms with van der Waals surface area (Å²) in [5.41, 5.74) is 0. The van der Waals surface area contributed by atoms with Crippen LogP contribution in [0, 0.1) is 53.3 Å². The smallest absolute Gasteiger partial charge is 0.0610 e. The first kappa shape index (κ1) is 25.5. The lowest BCUT2D eigenvalue weighted by Gasteiger charge is -2.50. The second-order valence-corrected chi connectivity index (χ2v) is 12.1. The summed E-state index contributed by atoms with van der Waals surface area (Å²) in [5, 5.41) is 0. The van der Waals surface area contributed by atoms with Crippen molar-refractivity contribution in [2.75, 3.05) is 0 Å². The van der Waals surface area contributed by atoms with Crippen molar-refractivity contribution in [3.8, 4) is 0 Å². The molecule has 0 aromatic carbocycles. The van der Waals surface area contributed by atoms with Crippen molar-refractivity contribution in [2.45, 2.75) is 126 Å². The third-order valence-corrected chi connectivity index (χ3v) is 10.7. The average Bonchev–Trinajstić information content (AvgIpc) is 2.72. The van der Waals surface area contributed by atoms with Crippen LogP contribution in [0.4, 0.5) is 0 Å². The van der Waals surface area contributed by atoms with E-state index >= 15 is 0 Å². The van der Waals surface area contributed by atoms with Gasteiger partial charge in [-0.15, -0.1) is 0 Å². The molecule has 3 heterocycles. The van der Waals surface area contributed by atoms with Gasteiger partial charge in [-0.1, -0.05) is 48.5 Å². The molecule has 0 amide bonds. The van der Waals surface area contributed by atoms with Crippen LogP contribution in [0.2, 0.25) is 0 Å². The summed E-state index contributed by atoms with van der Waals surface area (Å²) in [6, 6.07) is 0. The van der Waals surface area contributed by atoms with Crippen molar-refractivity contribution < 1.29 is 14.2 Å². The van der Waals surface area contributed by atoms with Gasteiger partial charge in [0.15, 0.2) is 0 Å². The Morgan fingerprint density at radius 1 is 0.355 bits per heavy atom. The molecular formula is C28H52O3. The van der Waals surface area contributed by atoms with Crippen LogP contribution >= 0.6 is 0 Å². The fourth-order valence-corrected chi connectivity index (χ4v) is 7.12. The van der Waals surface area contributed by atoms with Crippen molar-refractivity contribution in [2.24, 2.45) is 53.3 Å². The van der Waals surface area contributed by atoms with E-state index in [0.717, 1.165) is 12.8 Å². The maximum atomic E-state index is 6.78. The van der Waals surface area contributed by atoms with Gasteiger partial charge < -0.3 is 14.2 Å². The molecule has 3 rings (SSSR count). The predicted molar refractivity (Wildman–Crippen MR) is 129 cm³/mol. The minimum atomic E-state index is 0.295. The van der Waals surface area contributed by atoms with Gasteiger partial charge in [0.25, 0.3) is 0 Å². The molecule has 0 aliphatic carbocycles. The van der Waals surface area contributed by atoms with Crippen molar-refractivity contribution in [1.82, 2.24) is 0 Å². The monoisotopic (exact) mass is 436 g/mol. The van der Waals surface area contributed by atoms with Gasteiger partial charge in [0.1, 0.15) is 0 Å². The van der Waals surface area contributed by atoms with Gasteiger partial charge in [0, 0.05) is 0 Å². The summed E-state index contributed by atoms with van der Waals surface area (Å²) in [4.78, 5) is 0. The Morgan fingerprint density at radius 2 is 0.710 bits per heavy atom. The average molecular weight is 437 g/mol. The molecule has 3 heteroatoms. The lowest BCUT2D eigenvalue weighted by molar-refractivity contribution is -0.185. The van der Waals surface area contributed by atoms with E-state index in [4.69, 9.17) is 14.2 Å². The van der Waals surface area contributed by atoms with Crippen LogP contribution in [0.3, 0.4) is 0 Å². The van der Waals surface area contributed by atoms with E-state index in [1.54, 1.807) is 0 Å². The molecule has 3 aliphatic heterocycles. The fourth-order valence-electron chi connectivity index (χ4n) is 7.12. The predicted octanol–water partition coefficient (Wildman–Crippen LogP) is 6.83. The highest BCUT2D eigenvalue weighted by atomic mass is 16.5. The van der Waals surface area contributed by atoms with Gasteiger partial charge in [-0.2, -0.15) is 0 Å². The van der Waals surface area contributed by atoms with Gasteiger partial charge in [-0.25, -0.2) is 0 Å². The first-order chi connectivity index (χ1) is 14.4. The Bertz CT molecular complexity index is 579. The van der Waals surface area contributed by atoms with E-state index < -0.39 is 0 Å². The third kappa shape index (κ3) is 5.04. The number of hydrogen-bond donors (Lipinski definition) is 0. The molecule has 0 bridgehead atoms. The van der Waals surface area contributed by atoms with Crippen molar-refractivity contribution in [3.63, 3.8) is 0 Å². The van der Waals surface area contributed by atoms with E-state index in [-0.39, 0.29) is 0 Å². The summed E-state index contributed by atoms with van der Waals surface area (Å²) < 4.78 is 19.6. The molecule has 0 N–H and O–H groups in total. The van der Waals surface area contributed by atoms with E-state index in [2.05, 4.69) is 76.2 Å². The largest absolute Gasteiger partial charge is 0.375 e. The SMILES string of the molecule is CC1OC(CC2C(C)OC(CC3C(C)OC(C)C(C)C3C)C(C)C2C)C(C)C(C)C1C. The molecule has 31 heavy (non-hydrogen) atoms. The Morgan fingerprint density at radius 3 is 1.26 bits per heavy atom. The standard InChI is InChI=1S/C28H52O3/c1-14-15(2)22(9)30-27(19(14)6)13-26-18(5)20(7)28(31-24(26)11)12-25-17(4)16(3)21(8)29-23(25)10/h14-28H,12-13H2,1-11H3. The van der Waals surface area contributed by atoms with Gasteiger partial charge in [0.2, 0.25) is 0 Å². The zero-order chi connectivity index (χ0) is 23.2. The summed E-state index contributed by atoms with van der Waals surface area (Å²) >= 11 is 0. The quantitative estimate of drug-likeness (QED) is 0.483. The van der Waals surface area contributed by atoms with Crippen LogP contribution in [-0.2, 0) is 14.2 Å². The molecular weight excluding hydrogens is 384 g/mol. The Hall–Kier alpha value is -0.120. The molecule has 3 saturated heterocycles. The molecule has 0 spiro atoms. The Labute approximate surface area is 193 Å². The zero-order valence-electron chi connectivity index (χ0n) is 22.3. The maximum Gasteiger partial charge on any atom is 0.0610 e. The molecule has 0 saturated carbocycles. The number of rotatable bonds is 4. The van der Waals surface area contributed by atoms with E-state index in [9.17, 15) is 0 Å². The van der Waals surface area contributed by atoms with Crippen molar-refractivity contribution in [3.05, 3.63) is 0 Å². The second kappa shape index (κ2) is 10.0. The van der Waals surface area contributed by atoms with E-state index in [1.807, 2.05) is 0 Å².